The number of hydrogen-bond acceptors (Lipinski definition) is 4. The number of fused-ring (bicyclic) bond motifs is 1. The molecule has 0 saturated carbocycles. The molecule has 0 amide bonds. The molecule has 0 aliphatic rings. The van der Waals surface area contributed by atoms with Crippen molar-refractivity contribution in [1.29, 1.82) is 0 Å². The molecule has 2 heterocycles. The first-order valence-corrected chi connectivity index (χ1v) is 9.56. The van der Waals surface area contributed by atoms with Crippen LogP contribution in [0.2, 0.25) is 0 Å². The topological polar surface area (TPSA) is 102 Å². The summed E-state index contributed by atoms with van der Waals surface area (Å²) in [7, 11) is -2.62. The van der Waals surface area contributed by atoms with Gasteiger partial charge in [-0.2, -0.15) is 0 Å². The molecular formula is C20H20N4O2S. The predicted molar refractivity (Wildman–Crippen MR) is 109 cm³/mol. The van der Waals surface area contributed by atoms with E-state index in [4.69, 9.17) is 8.42 Å². The van der Waals surface area contributed by atoms with E-state index in [1.165, 1.54) is 22.3 Å². The van der Waals surface area contributed by atoms with Crippen molar-refractivity contribution in [1.82, 2.24) is 15.0 Å². The Hall–Kier alpha value is -3.03. The molecule has 0 unspecified atom stereocenters. The molecule has 3 N–H and O–H groups in total. The standard InChI is InChI=1S/C20H17N3.H3NO2S/c1-13-4-3-5-17(14(13)2)15-6-8-16(9-7-15)19-12-22-20-18(23-19)10-11-21-20;1-4(2)3/h3-12H,1-2H3,(H,21,22);4H,(H2,1,2,3). The minimum Gasteiger partial charge on any atom is -0.345 e. The van der Waals surface area contributed by atoms with Crippen LogP contribution in [0, 0.1) is 13.8 Å². The average Bonchev–Trinajstić information content (AvgIpc) is 3.11. The highest BCUT2D eigenvalue weighted by atomic mass is 32.2. The molecule has 0 bridgehead atoms. The third kappa shape index (κ3) is 4.39. The van der Waals surface area contributed by atoms with Crippen LogP contribution in [0.25, 0.3) is 33.5 Å². The van der Waals surface area contributed by atoms with Gasteiger partial charge >= 0.3 is 0 Å². The minimum atomic E-state index is -2.62. The van der Waals surface area contributed by atoms with Crippen LogP contribution >= 0.6 is 0 Å². The molecule has 0 fully saturated rings. The molecule has 4 rings (SSSR count). The number of benzene rings is 2. The molecule has 2 aromatic carbocycles. The van der Waals surface area contributed by atoms with Gasteiger partial charge in [0.05, 0.1) is 11.9 Å². The van der Waals surface area contributed by atoms with Crippen LogP contribution in [0.5, 0.6) is 0 Å². The molecule has 4 aromatic rings. The number of hydrogen-bond donors (Lipinski definition) is 3. The number of nitrogens with one attached hydrogen (secondary N) is 1. The Morgan fingerprint density at radius 3 is 2.33 bits per heavy atom. The molecule has 2 aromatic heterocycles. The van der Waals surface area contributed by atoms with E-state index in [1.807, 2.05) is 18.5 Å². The van der Waals surface area contributed by atoms with Gasteiger partial charge in [-0.1, -0.05) is 42.5 Å². The third-order valence-corrected chi connectivity index (χ3v) is 4.36. The van der Waals surface area contributed by atoms with Crippen molar-refractivity contribution < 1.29 is 8.42 Å². The molecular weight excluding hydrogens is 360 g/mol. The van der Waals surface area contributed by atoms with Crippen LogP contribution in [0.3, 0.4) is 0 Å². The molecule has 27 heavy (non-hydrogen) atoms. The van der Waals surface area contributed by atoms with Crippen molar-refractivity contribution in [2.75, 3.05) is 0 Å². The zero-order valence-corrected chi connectivity index (χ0v) is 15.9. The number of aromatic nitrogens is 3. The van der Waals surface area contributed by atoms with Gasteiger partial charge in [0, 0.05) is 11.8 Å². The molecule has 0 aliphatic heterocycles. The Balaban J connectivity index is 0.000000481. The van der Waals surface area contributed by atoms with Crippen LogP contribution in [-0.2, 0) is 10.9 Å². The number of aromatic amines is 1. The molecule has 7 heteroatoms. The highest BCUT2D eigenvalue weighted by Crippen LogP contribution is 2.28. The van der Waals surface area contributed by atoms with E-state index in [-0.39, 0.29) is 0 Å². The van der Waals surface area contributed by atoms with Crippen LogP contribution in [-0.4, -0.2) is 23.4 Å². The van der Waals surface area contributed by atoms with Crippen LogP contribution in [0.1, 0.15) is 11.1 Å². The lowest BCUT2D eigenvalue weighted by Crippen LogP contribution is -1.89. The fraction of sp³-hybridized carbons (Fsp3) is 0.100. The number of nitrogens with two attached hydrogens (primary N) is 1. The van der Waals surface area contributed by atoms with E-state index in [2.05, 4.69) is 76.4 Å². The number of aryl methyl sites for hydroxylation is 1. The quantitative estimate of drug-likeness (QED) is 0.464. The fourth-order valence-corrected chi connectivity index (χ4v) is 2.85. The second-order valence-electron chi connectivity index (χ2n) is 6.08. The van der Waals surface area contributed by atoms with Crippen LogP contribution < -0.4 is 5.14 Å². The van der Waals surface area contributed by atoms with Crippen molar-refractivity contribution in [3.8, 4) is 22.4 Å². The van der Waals surface area contributed by atoms with Gasteiger partial charge in [-0.05, 0) is 42.2 Å². The first-order chi connectivity index (χ1) is 13.0. The number of nitrogens with zero attached hydrogens (tertiary/aromatic N) is 2. The van der Waals surface area contributed by atoms with Gasteiger partial charge in [-0.3, -0.25) is 0 Å². The maximum absolute atomic E-state index is 8.81. The predicted octanol–water partition coefficient (Wildman–Crippen LogP) is 3.38. The smallest absolute Gasteiger partial charge is 0.198 e. The number of rotatable bonds is 2. The summed E-state index contributed by atoms with van der Waals surface area (Å²) in [6.07, 6.45) is 3.67. The van der Waals surface area contributed by atoms with Gasteiger partial charge in [0.25, 0.3) is 0 Å². The second kappa shape index (κ2) is 8.11. The summed E-state index contributed by atoms with van der Waals surface area (Å²) in [6, 6.07) is 16.9. The largest absolute Gasteiger partial charge is 0.345 e. The monoisotopic (exact) mass is 380 g/mol. The van der Waals surface area contributed by atoms with Crippen molar-refractivity contribution in [2.24, 2.45) is 5.14 Å². The van der Waals surface area contributed by atoms with Gasteiger partial charge in [0.1, 0.15) is 5.52 Å². The highest BCUT2D eigenvalue weighted by Gasteiger charge is 2.06. The minimum absolute atomic E-state index is 0.820. The Morgan fingerprint density at radius 2 is 1.63 bits per heavy atom. The van der Waals surface area contributed by atoms with Gasteiger partial charge in [-0.25, -0.2) is 23.5 Å². The Morgan fingerprint density at radius 1 is 0.963 bits per heavy atom. The number of H-pyrrole nitrogens is 1. The van der Waals surface area contributed by atoms with Crippen molar-refractivity contribution in [3.05, 3.63) is 72.1 Å². The zero-order valence-electron chi connectivity index (χ0n) is 15.0. The second-order valence-corrected chi connectivity index (χ2v) is 6.65. The summed E-state index contributed by atoms with van der Waals surface area (Å²) in [5.74, 6) is 0. The molecule has 0 saturated heterocycles. The summed E-state index contributed by atoms with van der Waals surface area (Å²) < 4.78 is 17.6. The maximum Gasteiger partial charge on any atom is 0.198 e. The molecule has 138 valence electrons. The highest BCUT2D eigenvalue weighted by molar-refractivity contribution is 7.69. The van der Waals surface area contributed by atoms with E-state index < -0.39 is 10.9 Å². The van der Waals surface area contributed by atoms with Crippen LogP contribution in [0.4, 0.5) is 0 Å². The van der Waals surface area contributed by atoms with Gasteiger partial charge in [0.2, 0.25) is 0 Å². The molecule has 0 atom stereocenters. The lowest BCUT2D eigenvalue weighted by Gasteiger charge is -2.09. The molecule has 0 radical (unpaired) electrons. The normalized spacial score (nSPS) is 10.7. The van der Waals surface area contributed by atoms with Gasteiger partial charge in [0.15, 0.2) is 16.5 Å². The molecule has 0 aliphatic carbocycles. The van der Waals surface area contributed by atoms with Crippen LogP contribution in [0.15, 0.2) is 60.9 Å². The summed E-state index contributed by atoms with van der Waals surface area (Å²) in [4.78, 5) is 12.1. The Labute approximate surface area is 159 Å². The third-order valence-electron chi connectivity index (χ3n) is 4.36. The van der Waals surface area contributed by atoms with E-state index >= 15 is 0 Å². The first-order valence-electron chi connectivity index (χ1n) is 8.32. The van der Waals surface area contributed by atoms with Crippen molar-refractivity contribution in [3.63, 3.8) is 0 Å². The van der Waals surface area contributed by atoms with Crippen molar-refractivity contribution in [2.45, 2.75) is 13.8 Å². The lowest BCUT2D eigenvalue weighted by molar-refractivity contribution is 0.616. The Kier molecular flexibility index (Phi) is 5.63. The van der Waals surface area contributed by atoms with E-state index in [0.29, 0.717) is 0 Å². The fourth-order valence-electron chi connectivity index (χ4n) is 2.85. The Bertz CT molecular complexity index is 1140. The SMILES string of the molecule is Cc1cccc(-c2ccc(-c3cnc4[nH]ccc4n3)cc2)c1C.N[SH](=O)=O. The maximum atomic E-state index is 8.81. The molecule has 0 spiro atoms. The van der Waals surface area contributed by atoms with E-state index in [1.54, 1.807) is 0 Å². The summed E-state index contributed by atoms with van der Waals surface area (Å²) >= 11 is 0. The van der Waals surface area contributed by atoms with Gasteiger partial charge in [-0.15, -0.1) is 0 Å². The lowest BCUT2D eigenvalue weighted by atomic mass is 9.96. The van der Waals surface area contributed by atoms with Crippen molar-refractivity contribution >= 4 is 22.1 Å². The van der Waals surface area contributed by atoms with E-state index in [0.717, 1.165) is 22.4 Å². The average molecular weight is 380 g/mol. The first kappa shape index (κ1) is 18.8. The summed E-state index contributed by atoms with van der Waals surface area (Å²) in [6.45, 7) is 4.32. The number of thiol groups is 1. The van der Waals surface area contributed by atoms with Gasteiger partial charge < -0.3 is 4.98 Å². The summed E-state index contributed by atoms with van der Waals surface area (Å²) in [5, 5.41) is 4.06. The van der Waals surface area contributed by atoms with E-state index in [9.17, 15) is 0 Å². The summed E-state index contributed by atoms with van der Waals surface area (Å²) in [5.41, 5.74) is 8.83. The molecule has 6 nitrogen and oxygen atoms in total. The zero-order chi connectivity index (χ0) is 19.4.